The summed E-state index contributed by atoms with van der Waals surface area (Å²) in [4.78, 5) is 2.41. The van der Waals surface area contributed by atoms with Crippen molar-refractivity contribution in [3.8, 4) is 6.07 Å². The summed E-state index contributed by atoms with van der Waals surface area (Å²) in [5.41, 5.74) is 0.993. The lowest BCUT2D eigenvalue weighted by atomic mass is 9.91. The Morgan fingerprint density at radius 3 is 2.81 bits per heavy atom. The molecule has 3 nitrogen and oxygen atoms in total. The average Bonchev–Trinajstić information content (AvgIpc) is 2.62. The smallest absolute Gasteiger partial charge is 0.126 e. The summed E-state index contributed by atoms with van der Waals surface area (Å²) in [6.07, 6.45) is 3.71. The van der Waals surface area contributed by atoms with Crippen LogP contribution < -0.4 is 5.32 Å². The van der Waals surface area contributed by atoms with E-state index in [2.05, 4.69) is 23.2 Å². The molecule has 114 valence electrons. The van der Waals surface area contributed by atoms with E-state index in [0.717, 1.165) is 50.9 Å². The van der Waals surface area contributed by atoms with Crippen LogP contribution in [0.25, 0.3) is 0 Å². The van der Waals surface area contributed by atoms with Gasteiger partial charge in [0.25, 0.3) is 0 Å². The summed E-state index contributed by atoms with van der Waals surface area (Å²) in [5.74, 6) is -0.258. The molecule has 2 rings (SSSR count). The number of rotatable bonds is 4. The third-order valence-electron chi connectivity index (χ3n) is 4.11. The highest BCUT2D eigenvalue weighted by molar-refractivity contribution is 5.50. The van der Waals surface area contributed by atoms with Gasteiger partial charge in [-0.2, -0.15) is 5.26 Å². The first-order valence-corrected chi connectivity index (χ1v) is 7.76. The Hall–Kier alpha value is -1.60. The van der Waals surface area contributed by atoms with Gasteiger partial charge in [-0.1, -0.05) is 6.92 Å². The van der Waals surface area contributed by atoms with E-state index in [1.807, 2.05) is 13.0 Å². The molecule has 1 atom stereocenters. The van der Waals surface area contributed by atoms with E-state index < -0.39 is 5.54 Å². The molecule has 1 fully saturated rings. The summed E-state index contributed by atoms with van der Waals surface area (Å²) >= 11 is 0. The van der Waals surface area contributed by atoms with E-state index >= 15 is 0 Å². The largest absolute Gasteiger partial charge is 0.367 e. The highest BCUT2D eigenvalue weighted by atomic mass is 19.1. The van der Waals surface area contributed by atoms with Crippen molar-refractivity contribution in [2.45, 2.75) is 45.1 Å². The molecule has 1 N–H and O–H groups in total. The predicted octanol–water partition coefficient (Wildman–Crippen LogP) is 3.70. The van der Waals surface area contributed by atoms with Crippen molar-refractivity contribution < 1.29 is 4.39 Å². The quantitative estimate of drug-likeness (QED) is 0.918. The standard InChI is InChI=1S/C17H24FN3/c1-3-7-21-8-4-5-17(13-19,6-9-21)20-16-11-14(2)10-15(18)12-16/h10-12,20H,3-9H2,1-2H3. The molecule has 1 unspecified atom stereocenters. The number of hydrogen-bond donors (Lipinski definition) is 1. The lowest BCUT2D eigenvalue weighted by Gasteiger charge is -2.28. The maximum Gasteiger partial charge on any atom is 0.126 e. The Kier molecular flexibility index (Phi) is 5.19. The van der Waals surface area contributed by atoms with Gasteiger partial charge in [-0.05, 0) is 69.5 Å². The monoisotopic (exact) mass is 289 g/mol. The number of nitriles is 1. The number of hydrogen-bond acceptors (Lipinski definition) is 3. The van der Waals surface area contributed by atoms with Gasteiger partial charge in [0, 0.05) is 12.2 Å². The van der Waals surface area contributed by atoms with Crippen LogP contribution in [0, 0.1) is 24.1 Å². The molecule has 0 saturated carbocycles. The molecule has 1 aromatic rings. The van der Waals surface area contributed by atoms with Gasteiger partial charge in [-0.15, -0.1) is 0 Å². The molecule has 0 radical (unpaired) electrons. The normalized spacial score (nSPS) is 23.3. The van der Waals surface area contributed by atoms with Crippen LogP contribution in [-0.2, 0) is 0 Å². The van der Waals surface area contributed by atoms with Crippen molar-refractivity contribution in [1.82, 2.24) is 4.90 Å². The highest BCUT2D eigenvalue weighted by Crippen LogP contribution is 2.27. The molecule has 0 bridgehead atoms. The Labute approximate surface area is 126 Å². The van der Waals surface area contributed by atoms with E-state index in [4.69, 9.17) is 0 Å². The summed E-state index contributed by atoms with van der Waals surface area (Å²) in [6.45, 7) is 7.09. The van der Waals surface area contributed by atoms with Crippen molar-refractivity contribution in [2.24, 2.45) is 0 Å². The SMILES string of the molecule is CCCN1CCCC(C#N)(Nc2cc(C)cc(F)c2)CC1. The minimum atomic E-state index is -0.581. The second kappa shape index (κ2) is 6.91. The zero-order chi connectivity index (χ0) is 15.3. The summed E-state index contributed by atoms with van der Waals surface area (Å²) in [5, 5.41) is 13.0. The van der Waals surface area contributed by atoms with Crippen LogP contribution in [0.15, 0.2) is 18.2 Å². The van der Waals surface area contributed by atoms with Crippen LogP contribution >= 0.6 is 0 Å². The molecule has 0 aromatic heterocycles. The molecule has 1 saturated heterocycles. The van der Waals surface area contributed by atoms with Gasteiger partial charge in [0.15, 0.2) is 0 Å². The van der Waals surface area contributed by atoms with Crippen LogP contribution in [0.4, 0.5) is 10.1 Å². The van der Waals surface area contributed by atoms with Crippen molar-refractivity contribution >= 4 is 5.69 Å². The zero-order valence-corrected chi connectivity index (χ0v) is 13.0. The molecule has 1 aliphatic heterocycles. The van der Waals surface area contributed by atoms with Gasteiger partial charge in [0.05, 0.1) is 6.07 Å². The predicted molar refractivity (Wildman–Crippen MR) is 83.7 cm³/mol. The number of benzene rings is 1. The first kappa shape index (κ1) is 15.8. The van der Waals surface area contributed by atoms with Crippen molar-refractivity contribution in [1.29, 1.82) is 5.26 Å². The Morgan fingerprint density at radius 1 is 1.33 bits per heavy atom. The molecule has 0 spiro atoms. The van der Waals surface area contributed by atoms with Crippen LogP contribution in [0.2, 0.25) is 0 Å². The fraction of sp³-hybridized carbons (Fsp3) is 0.588. The molecule has 21 heavy (non-hydrogen) atoms. The number of anilines is 1. The molecule has 1 heterocycles. The molecule has 4 heteroatoms. The van der Waals surface area contributed by atoms with Gasteiger partial charge >= 0.3 is 0 Å². The van der Waals surface area contributed by atoms with Gasteiger partial charge < -0.3 is 10.2 Å². The number of nitrogens with one attached hydrogen (secondary N) is 1. The minimum Gasteiger partial charge on any atom is -0.367 e. The molecular weight excluding hydrogens is 265 g/mol. The topological polar surface area (TPSA) is 39.1 Å². The highest BCUT2D eigenvalue weighted by Gasteiger charge is 2.32. The fourth-order valence-corrected chi connectivity index (χ4v) is 3.08. The van der Waals surface area contributed by atoms with E-state index in [-0.39, 0.29) is 5.82 Å². The van der Waals surface area contributed by atoms with E-state index in [1.54, 1.807) is 0 Å². The summed E-state index contributed by atoms with van der Waals surface area (Å²) < 4.78 is 13.5. The molecule has 1 aliphatic rings. The van der Waals surface area contributed by atoms with Gasteiger partial charge in [-0.25, -0.2) is 4.39 Å². The lowest BCUT2D eigenvalue weighted by molar-refractivity contribution is 0.283. The fourth-order valence-electron chi connectivity index (χ4n) is 3.08. The summed E-state index contributed by atoms with van der Waals surface area (Å²) in [6, 6.07) is 7.32. The first-order chi connectivity index (χ1) is 10.1. The average molecular weight is 289 g/mol. The van der Waals surface area contributed by atoms with Gasteiger partial charge in [0.1, 0.15) is 11.4 Å². The van der Waals surface area contributed by atoms with Crippen LogP contribution in [0.1, 0.15) is 38.2 Å². The third kappa shape index (κ3) is 4.18. The first-order valence-electron chi connectivity index (χ1n) is 7.76. The van der Waals surface area contributed by atoms with Crippen LogP contribution in [-0.4, -0.2) is 30.1 Å². The zero-order valence-electron chi connectivity index (χ0n) is 13.0. The molecule has 1 aromatic carbocycles. The summed E-state index contributed by atoms with van der Waals surface area (Å²) in [7, 11) is 0. The molecule has 0 amide bonds. The third-order valence-corrected chi connectivity index (χ3v) is 4.11. The lowest BCUT2D eigenvalue weighted by Crippen LogP contribution is -2.38. The second-order valence-electron chi connectivity index (χ2n) is 6.03. The Balaban J connectivity index is 2.12. The second-order valence-corrected chi connectivity index (χ2v) is 6.03. The van der Waals surface area contributed by atoms with Crippen molar-refractivity contribution in [3.63, 3.8) is 0 Å². The van der Waals surface area contributed by atoms with Gasteiger partial charge in [-0.3, -0.25) is 0 Å². The van der Waals surface area contributed by atoms with Crippen molar-refractivity contribution in [3.05, 3.63) is 29.6 Å². The number of halogens is 1. The van der Waals surface area contributed by atoms with E-state index in [0.29, 0.717) is 5.69 Å². The van der Waals surface area contributed by atoms with Crippen molar-refractivity contribution in [2.75, 3.05) is 25.0 Å². The minimum absolute atomic E-state index is 0.258. The molecular formula is C17H24FN3. The van der Waals surface area contributed by atoms with Crippen LogP contribution in [0.3, 0.4) is 0 Å². The number of aryl methyl sites for hydroxylation is 1. The van der Waals surface area contributed by atoms with Gasteiger partial charge in [0.2, 0.25) is 0 Å². The number of nitrogens with zero attached hydrogens (tertiary/aromatic N) is 2. The molecule has 0 aliphatic carbocycles. The van der Waals surface area contributed by atoms with E-state index in [9.17, 15) is 9.65 Å². The Bertz CT molecular complexity index is 503. The van der Waals surface area contributed by atoms with Crippen LogP contribution in [0.5, 0.6) is 0 Å². The Morgan fingerprint density at radius 2 is 2.14 bits per heavy atom. The maximum absolute atomic E-state index is 13.5. The number of likely N-dealkylation sites (tertiary alicyclic amines) is 1. The van der Waals surface area contributed by atoms with E-state index in [1.165, 1.54) is 12.1 Å². The maximum atomic E-state index is 13.5.